The van der Waals surface area contributed by atoms with Crippen molar-refractivity contribution in [2.75, 3.05) is 0 Å². The first-order chi connectivity index (χ1) is 8.05. The van der Waals surface area contributed by atoms with Crippen LogP contribution in [0.4, 0.5) is 0 Å². The van der Waals surface area contributed by atoms with Crippen LogP contribution in [0.3, 0.4) is 0 Å². The summed E-state index contributed by atoms with van der Waals surface area (Å²) in [6.45, 7) is 5.45. The van der Waals surface area contributed by atoms with Gasteiger partial charge in [-0.1, -0.05) is 24.3 Å². The molecule has 0 spiro atoms. The van der Waals surface area contributed by atoms with Crippen LogP contribution in [-0.4, -0.2) is 26.3 Å². The Balaban J connectivity index is 2.39. The second-order valence-electron chi connectivity index (χ2n) is 3.84. The van der Waals surface area contributed by atoms with E-state index in [1.807, 2.05) is 6.92 Å². The summed E-state index contributed by atoms with van der Waals surface area (Å²) in [6.07, 6.45) is 2.01. The van der Waals surface area contributed by atoms with Crippen molar-refractivity contribution in [3.05, 3.63) is 42.5 Å². The van der Waals surface area contributed by atoms with E-state index >= 15 is 0 Å². The maximum Gasteiger partial charge on any atom is 0.205 e. The van der Waals surface area contributed by atoms with Crippen molar-refractivity contribution in [1.29, 1.82) is 0 Å². The van der Waals surface area contributed by atoms with Gasteiger partial charge in [0.25, 0.3) is 0 Å². The summed E-state index contributed by atoms with van der Waals surface area (Å²) in [4.78, 5) is 4.10. The maximum absolute atomic E-state index is 12.3. The summed E-state index contributed by atoms with van der Waals surface area (Å²) >= 11 is 0. The van der Waals surface area contributed by atoms with E-state index in [-0.39, 0.29) is 4.90 Å². The zero-order valence-corrected chi connectivity index (χ0v) is 10.2. The topological polar surface area (TPSA) is 55.7 Å². The Morgan fingerprint density at radius 2 is 2.00 bits per heavy atom. The fourth-order valence-electron chi connectivity index (χ4n) is 1.61. The number of ether oxygens (including phenoxy) is 1. The number of rotatable bonds is 3. The van der Waals surface area contributed by atoms with Crippen molar-refractivity contribution in [1.82, 2.24) is 0 Å². The highest BCUT2D eigenvalue weighted by Crippen LogP contribution is 2.24. The number of aryl methyl sites for hydroxylation is 1. The Kier molecular flexibility index (Phi) is 3.02. The van der Waals surface area contributed by atoms with Gasteiger partial charge < -0.3 is 4.74 Å². The van der Waals surface area contributed by atoms with Crippen LogP contribution >= 0.6 is 0 Å². The molecule has 4 nitrogen and oxygen atoms in total. The van der Waals surface area contributed by atoms with Gasteiger partial charge in [-0.15, -0.1) is 0 Å². The standard InChI is InChI=1S/C12H13NO3S/c1-3-11-12(13-8-16-11)17(14,15)10-6-4-9(2)5-7-10/h3-8,11-12H,1H2,2H3. The molecule has 1 heterocycles. The normalized spacial score (nSPS) is 23.4. The van der Waals surface area contributed by atoms with E-state index in [0.29, 0.717) is 0 Å². The van der Waals surface area contributed by atoms with Crippen LogP contribution in [0.1, 0.15) is 5.56 Å². The lowest BCUT2D eigenvalue weighted by atomic mass is 10.2. The second-order valence-corrected chi connectivity index (χ2v) is 5.88. The lowest BCUT2D eigenvalue weighted by Gasteiger charge is -2.14. The van der Waals surface area contributed by atoms with Gasteiger partial charge in [0.1, 0.15) is 0 Å². The third-order valence-electron chi connectivity index (χ3n) is 2.61. The third-order valence-corrected chi connectivity index (χ3v) is 4.56. The van der Waals surface area contributed by atoms with Gasteiger partial charge in [-0.05, 0) is 25.1 Å². The Labute approximate surface area is 101 Å². The molecular formula is C12H13NO3S. The van der Waals surface area contributed by atoms with E-state index in [2.05, 4.69) is 11.6 Å². The molecule has 0 fully saturated rings. The van der Waals surface area contributed by atoms with E-state index in [4.69, 9.17) is 4.74 Å². The SMILES string of the molecule is C=CC1OC=NC1S(=O)(=O)c1ccc(C)cc1. The number of hydrogen-bond donors (Lipinski definition) is 0. The Bertz CT molecular complexity index is 546. The predicted octanol–water partition coefficient (Wildman–Crippen LogP) is 1.71. The van der Waals surface area contributed by atoms with Crippen molar-refractivity contribution in [3.8, 4) is 0 Å². The highest BCUT2D eigenvalue weighted by Gasteiger charge is 2.36. The molecule has 2 atom stereocenters. The lowest BCUT2D eigenvalue weighted by Crippen LogP contribution is -2.28. The minimum Gasteiger partial charge on any atom is -0.473 e. The second kappa shape index (κ2) is 4.33. The van der Waals surface area contributed by atoms with Gasteiger partial charge in [0, 0.05) is 0 Å². The summed E-state index contributed by atoms with van der Waals surface area (Å²) in [5.74, 6) is 0. The van der Waals surface area contributed by atoms with E-state index in [9.17, 15) is 8.42 Å². The molecule has 0 aromatic heterocycles. The maximum atomic E-state index is 12.3. The molecule has 2 rings (SSSR count). The highest BCUT2D eigenvalue weighted by molar-refractivity contribution is 7.92. The quantitative estimate of drug-likeness (QED) is 0.768. The van der Waals surface area contributed by atoms with Crippen molar-refractivity contribution in [3.63, 3.8) is 0 Å². The van der Waals surface area contributed by atoms with Crippen molar-refractivity contribution >= 4 is 16.2 Å². The average molecular weight is 251 g/mol. The van der Waals surface area contributed by atoms with Crippen LogP contribution in [-0.2, 0) is 14.6 Å². The largest absolute Gasteiger partial charge is 0.473 e. The zero-order valence-electron chi connectivity index (χ0n) is 9.41. The number of benzene rings is 1. The molecule has 0 bridgehead atoms. The monoisotopic (exact) mass is 251 g/mol. The molecule has 17 heavy (non-hydrogen) atoms. The summed E-state index contributed by atoms with van der Waals surface area (Å²) < 4.78 is 29.6. The van der Waals surface area contributed by atoms with Gasteiger partial charge in [-0.3, -0.25) is 0 Å². The molecule has 90 valence electrons. The molecule has 0 saturated heterocycles. The minimum absolute atomic E-state index is 0.252. The van der Waals surface area contributed by atoms with E-state index < -0.39 is 21.3 Å². The number of sulfone groups is 1. The van der Waals surface area contributed by atoms with E-state index in [1.54, 1.807) is 24.3 Å². The third kappa shape index (κ3) is 2.10. The summed E-state index contributed by atoms with van der Waals surface area (Å²) in [5.41, 5.74) is 1.01. The van der Waals surface area contributed by atoms with Gasteiger partial charge in [-0.25, -0.2) is 13.4 Å². The molecule has 1 aromatic rings. The summed E-state index contributed by atoms with van der Waals surface area (Å²) in [5, 5.41) is -0.928. The number of hydrogen-bond acceptors (Lipinski definition) is 4. The summed E-state index contributed by atoms with van der Waals surface area (Å²) in [7, 11) is -3.51. The van der Waals surface area contributed by atoms with Crippen molar-refractivity contribution in [2.24, 2.45) is 4.99 Å². The molecular weight excluding hydrogens is 238 g/mol. The molecule has 1 aliphatic rings. The van der Waals surface area contributed by atoms with E-state index in [0.717, 1.165) is 5.56 Å². The van der Waals surface area contributed by atoms with Crippen LogP contribution in [0.5, 0.6) is 0 Å². The Hall–Kier alpha value is -1.62. The fraction of sp³-hybridized carbons (Fsp3) is 0.250. The highest BCUT2D eigenvalue weighted by atomic mass is 32.2. The first kappa shape index (κ1) is 11.9. The molecule has 0 aliphatic carbocycles. The molecule has 0 radical (unpaired) electrons. The van der Waals surface area contributed by atoms with Gasteiger partial charge >= 0.3 is 0 Å². The smallest absolute Gasteiger partial charge is 0.205 e. The Morgan fingerprint density at radius 1 is 1.35 bits per heavy atom. The van der Waals surface area contributed by atoms with Crippen LogP contribution < -0.4 is 0 Å². The number of aliphatic imine (C=N–C) groups is 1. The van der Waals surface area contributed by atoms with Crippen LogP contribution in [0.25, 0.3) is 0 Å². The summed E-state index contributed by atoms with van der Waals surface area (Å²) in [6, 6.07) is 6.68. The first-order valence-corrected chi connectivity index (χ1v) is 6.70. The average Bonchev–Trinajstić information content (AvgIpc) is 2.78. The minimum atomic E-state index is -3.51. The van der Waals surface area contributed by atoms with Crippen molar-refractivity contribution in [2.45, 2.75) is 23.3 Å². The molecule has 0 saturated carbocycles. The van der Waals surface area contributed by atoms with Crippen molar-refractivity contribution < 1.29 is 13.2 Å². The molecule has 1 aromatic carbocycles. The molecule has 1 aliphatic heterocycles. The molecule has 2 unspecified atom stereocenters. The van der Waals surface area contributed by atoms with E-state index in [1.165, 1.54) is 12.5 Å². The molecule has 0 N–H and O–H groups in total. The van der Waals surface area contributed by atoms with Crippen LogP contribution in [0, 0.1) is 6.92 Å². The van der Waals surface area contributed by atoms with Crippen LogP contribution in [0.2, 0.25) is 0 Å². The molecule has 0 amide bonds. The fourth-order valence-corrected chi connectivity index (χ4v) is 3.15. The van der Waals surface area contributed by atoms with Gasteiger partial charge in [0.05, 0.1) is 4.90 Å². The zero-order chi connectivity index (χ0) is 12.5. The van der Waals surface area contributed by atoms with Gasteiger partial charge in [-0.2, -0.15) is 0 Å². The predicted molar refractivity (Wildman–Crippen MR) is 65.7 cm³/mol. The lowest BCUT2D eigenvalue weighted by molar-refractivity contribution is 0.273. The Morgan fingerprint density at radius 3 is 2.59 bits per heavy atom. The number of nitrogens with zero attached hydrogens (tertiary/aromatic N) is 1. The first-order valence-electron chi connectivity index (χ1n) is 5.16. The van der Waals surface area contributed by atoms with Gasteiger partial charge in [0.15, 0.2) is 17.9 Å². The van der Waals surface area contributed by atoms with Gasteiger partial charge in [0.2, 0.25) is 9.84 Å². The van der Waals surface area contributed by atoms with Crippen LogP contribution in [0.15, 0.2) is 46.8 Å². The molecule has 5 heteroatoms.